The van der Waals surface area contributed by atoms with Gasteiger partial charge in [-0.15, -0.1) is 0 Å². The van der Waals surface area contributed by atoms with Crippen LogP contribution in [-0.2, 0) is 6.61 Å². The largest absolute Gasteiger partial charge is 0.496 e. The smallest absolute Gasteiger partial charge is 0.251 e. The highest BCUT2D eigenvalue weighted by Crippen LogP contribution is 2.24. The van der Waals surface area contributed by atoms with E-state index in [1.165, 1.54) is 12.8 Å². The average Bonchev–Trinajstić information content (AvgIpc) is 3.13. The zero-order valence-electron chi connectivity index (χ0n) is 14.9. The molecule has 1 saturated carbocycles. The van der Waals surface area contributed by atoms with E-state index in [1.54, 1.807) is 13.2 Å². The third-order valence-electron chi connectivity index (χ3n) is 4.71. The van der Waals surface area contributed by atoms with E-state index in [1.807, 2.05) is 43.3 Å². The minimum absolute atomic E-state index is 0.0216. The number of hydrogen-bond acceptors (Lipinski definition) is 3. The average molecular weight is 339 g/mol. The Bertz CT molecular complexity index is 736. The van der Waals surface area contributed by atoms with Crippen molar-refractivity contribution < 1.29 is 14.3 Å². The Hall–Kier alpha value is -2.49. The minimum atomic E-state index is -0.0216. The maximum Gasteiger partial charge on any atom is 0.251 e. The predicted molar refractivity (Wildman–Crippen MR) is 98.2 cm³/mol. The fourth-order valence-electron chi connectivity index (χ4n) is 3.25. The van der Waals surface area contributed by atoms with Crippen molar-refractivity contribution in [2.24, 2.45) is 0 Å². The molecule has 4 nitrogen and oxygen atoms in total. The lowest BCUT2D eigenvalue weighted by molar-refractivity contribution is 0.0937. The number of rotatable bonds is 6. The highest BCUT2D eigenvalue weighted by Gasteiger charge is 2.19. The van der Waals surface area contributed by atoms with Gasteiger partial charge in [0.25, 0.3) is 5.91 Å². The Morgan fingerprint density at radius 3 is 2.60 bits per heavy atom. The molecule has 0 aliphatic heterocycles. The molecule has 2 aromatic carbocycles. The second-order valence-electron chi connectivity index (χ2n) is 6.54. The number of carbonyl (C=O) groups is 1. The SMILES string of the molecule is COc1ccc(C(=O)NC2CCCC2)cc1COc1ccccc1C. The molecule has 0 aromatic heterocycles. The lowest BCUT2D eigenvalue weighted by atomic mass is 10.1. The maximum atomic E-state index is 12.5. The molecule has 0 spiro atoms. The summed E-state index contributed by atoms with van der Waals surface area (Å²) >= 11 is 0. The molecule has 0 saturated heterocycles. The van der Waals surface area contributed by atoms with Crippen LogP contribution in [-0.4, -0.2) is 19.1 Å². The molecule has 0 heterocycles. The first kappa shape index (κ1) is 17.3. The molecule has 1 aliphatic carbocycles. The van der Waals surface area contributed by atoms with Gasteiger partial charge in [-0.2, -0.15) is 0 Å². The molecule has 1 N–H and O–H groups in total. The van der Waals surface area contributed by atoms with Gasteiger partial charge in [0.1, 0.15) is 18.1 Å². The van der Waals surface area contributed by atoms with Gasteiger partial charge in [0, 0.05) is 17.2 Å². The van der Waals surface area contributed by atoms with E-state index in [0.717, 1.165) is 35.5 Å². The molecule has 4 heteroatoms. The fraction of sp³-hybridized carbons (Fsp3) is 0.381. The Morgan fingerprint density at radius 2 is 1.88 bits per heavy atom. The molecule has 0 radical (unpaired) electrons. The Morgan fingerprint density at radius 1 is 1.12 bits per heavy atom. The molecular weight excluding hydrogens is 314 g/mol. The summed E-state index contributed by atoms with van der Waals surface area (Å²) in [7, 11) is 1.63. The molecule has 2 aromatic rings. The van der Waals surface area contributed by atoms with Crippen LogP contribution < -0.4 is 14.8 Å². The number of ether oxygens (including phenoxy) is 2. The zero-order chi connectivity index (χ0) is 17.6. The van der Waals surface area contributed by atoms with Crippen molar-refractivity contribution in [3.8, 4) is 11.5 Å². The van der Waals surface area contributed by atoms with Crippen molar-refractivity contribution in [1.29, 1.82) is 0 Å². The van der Waals surface area contributed by atoms with Gasteiger partial charge in [-0.1, -0.05) is 31.0 Å². The van der Waals surface area contributed by atoms with Crippen LogP contribution in [0.5, 0.6) is 11.5 Å². The Labute approximate surface area is 149 Å². The van der Waals surface area contributed by atoms with E-state index in [4.69, 9.17) is 9.47 Å². The second kappa shape index (κ2) is 8.06. The number of aryl methyl sites for hydroxylation is 1. The molecular formula is C21H25NO3. The van der Waals surface area contributed by atoms with Gasteiger partial charge in [0.15, 0.2) is 0 Å². The Kier molecular flexibility index (Phi) is 5.59. The predicted octanol–water partition coefficient (Wildman–Crippen LogP) is 4.26. The third-order valence-corrected chi connectivity index (χ3v) is 4.71. The molecule has 0 atom stereocenters. The second-order valence-corrected chi connectivity index (χ2v) is 6.54. The van der Waals surface area contributed by atoms with Crippen LogP contribution >= 0.6 is 0 Å². The van der Waals surface area contributed by atoms with Crippen LogP contribution in [0.4, 0.5) is 0 Å². The van der Waals surface area contributed by atoms with Crippen LogP contribution in [0.25, 0.3) is 0 Å². The lowest BCUT2D eigenvalue weighted by Crippen LogP contribution is -2.32. The van der Waals surface area contributed by atoms with Gasteiger partial charge >= 0.3 is 0 Å². The van der Waals surface area contributed by atoms with Gasteiger partial charge in [0.05, 0.1) is 7.11 Å². The first-order chi connectivity index (χ1) is 12.2. The van der Waals surface area contributed by atoms with Crippen LogP contribution in [0.1, 0.15) is 47.2 Å². The van der Waals surface area contributed by atoms with Crippen LogP contribution in [0, 0.1) is 6.92 Å². The van der Waals surface area contributed by atoms with Crippen LogP contribution in [0.15, 0.2) is 42.5 Å². The molecule has 1 aliphatic rings. The highest BCUT2D eigenvalue weighted by molar-refractivity contribution is 5.94. The number of methoxy groups -OCH3 is 1. The molecule has 1 fully saturated rings. The summed E-state index contributed by atoms with van der Waals surface area (Å²) in [4.78, 5) is 12.5. The van der Waals surface area contributed by atoms with Crippen molar-refractivity contribution in [2.45, 2.75) is 45.3 Å². The van der Waals surface area contributed by atoms with Crippen molar-refractivity contribution >= 4 is 5.91 Å². The molecule has 25 heavy (non-hydrogen) atoms. The van der Waals surface area contributed by atoms with E-state index in [-0.39, 0.29) is 5.91 Å². The topological polar surface area (TPSA) is 47.6 Å². The summed E-state index contributed by atoms with van der Waals surface area (Å²) in [5.74, 6) is 1.54. The van der Waals surface area contributed by atoms with Gasteiger partial charge in [-0.25, -0.2) is 0 Å². The van der Waals surface area contributed by atoms with Crippen LogP contribution in [0.3, 0.4) is 0 Å². The van der Waals surface area contributed by atoms with Gasteiger partial charge in [-0.05, 0) is 49.6 Å². The number of para-hydroxylation sites is 1. The van der Waals surface area contributed by atoms with E-state index < -0.39 is 0 Å². The molecule has 0 unspecified atom stereocenters. The molecule has 0 bridgehead atoms. The first-order valence-electron chi connectivity index (χ1n) is 8.83. The molecule has 1 amide bonds. The lowest BCUT2D eigenvalue weighted by Gasteiger charge is -2.15. The minimum Gasteiger partial charge on any atom is -0.496 e. The highest BCUT2D eigenvalue weighted by atomic mass is 16.5. The first-order valence-corrected chi connectivity index (χ1v) is 8.83. The normalized spacial score (nSPS) is 14.3. The summed E-state index contributed by atoms with van der Waals surface area (Å²) < 4.78 is 11.3. The van der Waals surface area contributed by atoms with Crippen molar-refractivity contribution in [2.75, 3.05) is 7.11 Å². The van der Waals surface area contributed by atoms with Gasteiger partial charge in [-0.3, -0.25) is 4.79 Å². The van der Waals surface area contributed by atoms with Crippen molar-refractivity contribution in [1.82, 2.24) is 5.32 Å². The fourth-order valence-corrected chi connectivity index (χ4v) is 3.25. The Balaban J connectivity index is 1.73. The number of benzene rings is 2. The quantitative estimate of drug-likeness (QED) is 0.855. The monoisotopic (exact) mass is 339 g/mol. The third kappa shape index (κ3) is 4.32. The van der Waals surface area contributed by atoms with Gasteiger partial charge < -0.3 is 14.8 Å². The molecule has 3 rings (SSSR count). The maximum absolute atomic E-state index is 12.5. The number of nitrogens with one attached hydrogen (secondary N) is 1. The zero-order valence-corrected chi connectivity index (χ0v) is 14.9. The summed E-state index contributed by atoms with van der Waals surface area (Å²) in [6, 6.07) is 13.7. The summed E-state index contributed by atoms with van der Waals surface area (Å²) in [5.41, 5.74) is 2.59. The summed E-state index contributed by atoms with van der Waals surface area (Å²) in [6.45, 7) is 2.37. The molecule has 132 valence electrons. The van der Waals surface area contributed by atoms with Gasteiger partial charge in [0.2, 0.25) is 0 Å². The number of carbonyl (C=O) groups excluding carboxylic acids is 1. The number of hydrogen-bond donors (Lipinski definition) is 1. The van der Waals surface area contributed by atoms with E-state index >= 15 is 0 Å². The summed E-state index contributed by atoms with van der Waals surface area (Å²) in [6.07, 6.45) is 4.54. The van der Waals surface area contributed by atoms with E-state index in [9.17, 15) is 4.79 Å². The summed E-state index contributed by atoms with van der Waals surface area (Å²) in [5, 5.41) is 3.12. The van der Waals surface area contributed by atoms with Crippen molar-refractivity contribution in [3.63, 3.8) is 0 Å². The van der Waals surface area contributed by atoms with Crippen LogP contribution in [0.2, 0.25) is 0 Å². The van der Waals surface area contributed by atoms with Crippen molar-refractivity contribution in [3.05, 3.63) is 59.2 Å². The van der Waals surface area contributed by atoms with E-state index in [0.29, 0.717) is 18.2 Å². The number of amides is 1. The van der Waals surface area contributed by atoms with E-state index in [2.05, 4.69) is 5.32 Å². The standard InChI is InChI=1S/C21H25NO3/c1-15-7-3-6-10-19(15)25-14-17-13-16(11-12-20(17)24-2)21(23)22-18-8-4-5-9-18/h3,6-7,10-13,18H,4-5,8-9,14H2,1-2H3,(H,22,23).